The summed E-state index contributed by atoms with van der Waals surface area (Å²) in [4.78, 5) is 0. The molecule has 0 aromatic heterocycles. The van der Waals surface area contributed by atoms with Gasteiger partial charge in [0.2, 0.25) is 0 Å². The van der Waals surface area contributed by atoms with E-state index in [1.54, 1.807) is 0 Å². The molecule has 4 rings (SSSR count). The van der Waals surface area contributed by atoms with Crippen molar-refractivity contribution >= 4 is 0 Å². The van der Waals surface area contributed by atoms with Gasteiger partial charge in [0.1, 0.15) is 0 Å². The van der Waals surface area contributed by atoms with Gasteiger partial charge in [-0.3, -0.25) is 0 Å². The van der Waals surface area contributed by atoms with Crippen molar-refractivity contribution in [2.75, 3.05) is 0 Å². The Labute approximate surface area is 156 Å². The van der Waals surface area contributed by atoms with Gasteiger partial charge in [0, 0.05) is 0 Å². The molecule has 0 saturated heterocycles. The Hall–Kier alpha value is -1.46. The Balaban J connectivity index is 0.000000316. The van der Waals surface area contributed by atoms with E-state index < -0.39 is 0 Å². The fourth-order valence-corrected chi connectivity index (χ4v) is 1.77. The van der Waals surface area contributed by atoms with Crippen LogP contribution in [0.3, 0.4) is 0 Å². The Kier molecular flexibility index (Phi) is 12.3. The monoisotopic (exact) mass is 416 g/mol. The second kappa shape index (κ2) is 13.2. The van der Waals surface area contributed by atoms with Crippen molar-refractivity contribution in [1.29, 1.82) is 0 Å². The van der Waals surface area contributed by atoms with Gasteiger partial charge in [-0.2, -0.15) is 96.1 Å². The van der Waals surface area contributed by atoms with Crippen molar-refractivity contribution in [3.63, 3.8) is 0 Å². The van der Waals surface area contributed by atoms with Crippen LogP contribution in [0.15, 0.2) is 109 Å². The smallest absolute Gasteiger partial charge is 0.214 e. The van der Waals surface area contributed by atoms with Gasteiger partial charge < -0.3 is 0 Å². The summed E-state index contributed by atoms with van der Waals surface area (Å²) >= 11 is 0. The second-order valence-electron chi connectivity index (χ2n) is 4.27. The normalized spacial score (nSPS) is 8.18. The first-order valence-corrected chi connectivity index (χ1v) is 6.74. The van der Waals surface area contributed by atoms with E-state index in [9.17, 15) is 0 Å². The average molecular weight is 415 g/mol. The van der Waals surface area contributed by atoms with Crippen molar-refractivity contribution in [1.82, 2.24) is 0 Å². The summed E-state index contributed by atoms with van der Waals surface area (Å²) in [6.07, 6.45) is 0. The minimum atomic E-state index is 0. The van der Waals surface area contributed by atoms with Crippen LogP contribution < -0.4 is 0 Å². The van der Waals surface area contributed by atoms with Crippen molar-refractivity contribution in [3.8, 4) is 11.1 Å². The van der Waals surface area contributed by atoms with E-state index in [1.165, 1.54) is 11.1 Å². The molecule has 0 unspecified atom stereocenters. The minimum absolute atomic E-state index is 0. The minimum Gasteiger partial charge on any atom is -0.214 e. The maximum atomic E-state index is 2.12. The van der Waals surface area contributed by atoms with Crippen LogP contribution >= 0.6 is 0 Å². The molecule has 0 aliphatic rings. The summed E-state index contributed by atoms with van der Waals surface area (Å²) in [5, 5.41) is 0. The van der Waals surface area contributed by atoms with Crippen molar-refractivity contribution in [2.24, 2.45) is 0 Å². The molecule has 114 valence electrons. The van der Waals surface area contributed by atoms with Gasteiger partial charge in [-0.05, 0) is 0 Å². The van der Waals surface area contributed by atoms with E-state index in [4.69, 9.17) is 0 Å². The zero-order valence-corrected chi connectivity index (χ0v) is 14.9. The third kappa shape index (κ3) is 8.10. The predicted octanol–water partition coefficient (Wildman–Crippen LogP) is 5.60. The Morgan fingerprint density at radius 2 is 0.727 bits per heavy atom. The quantitative estimate of drug-likeness (QED) is 0.281. The first-order valence-electron chi connectivity index (χ1n) is 6.74. The standard InChI is InChI=1S/C10H8.2C5H5.Fe.Ru/c1-2-6-9(5-1)10-7-3-4-8-10;2*1-2-4-5-3-1;;/h1-8H;2*1-5H;;/q-2;2*-1;2*+2. The molecule has 0 atom stereocenters. The summed E-state index contributed by atoms with van der Waals surface area (Å²) in [6, 6.07) is 36.7. The van der Waals surface area contributed by atoms with E-state index in [0.29, 0.717) is 0 Å². The van der Waals surface area contributed by atoms with E-state index in [2.05, 4.69) is 48.5 Å². The Morgan fingerprint density at radius 1 is 0.455 bits per heavy atom. The summed E-state index contributed by atoms with van der Waals surface area (Å²) in [5.74, 6) is 0. The molecular weight excluding hydrogens is 397 g/mol. The molecule has 22 heavy (non-hydrogen) atoms. The first-order chi connectivity index (χ1) is 9.97. The largest absolute Gasteiger partial charge is 2.00 e. The van der Waals surface area contributed by atoms with E-state index in [-0.39, 0.29) is 36.5 Å². The van der Waals surface area contributed by atoms with Crippen LogP contribution in [0.25, 0.3) is 11.1 Å². The predicted molar refractivity (Wildman–Crippen MR) is 87.1 cm³/mol. The maximum Gasteiger partial charge on any atom is 2.00 e. The van der Waals surface area contributed by atoms with Crippen LogP contribution in [0.5, 0.6) is 0 Å². The molecule has 0 aliphatic heterocycles. The van der Waals surface area contributed by atoms with Gasteiger partial charge in [0.25, 0.3) is 0 Å². The third-order valence-electron chi connectivity index (χ3n) is 2.77. The van der Waals surface area contributed by atoms with Gasteiger partial charge in [-0.25, -0.2) is 24.3 Å². The summed E-state index contributed by atoms with van der Waals surface area (Å²) in [6.45, 7) is 0. The van der Waals surface area contributed by atoms with Crippen LogP contribution in [-0.4, -0.2) is 0 Å². The van der Waals surface area contributed by atoms with Crippen LogP contribution in [-0.2, 0) is 36.5 Å². The zero-order valence-electron chi connectivity index (χ0n) is 12.1. The van der Waals surface area contributed by atoms with Crippen LogP contribution in [0, 0.1) is 0 Å². The molecule has 0 amide bonds. The van der Waals surface area contributed by atoms with Crippen molar-refractivity contribution in [3.05, 3.63) is 109 Å². The second-order valence-corrected chi connectivity index (χ2v) is 4.27. The Bertz CT molecular complexity index is 507. The zero-order chi connectivity index (χ0) is 13.9. The fraction of sp³-hybridized carbons (Fsp3) is 0. The van der Waals surface area contributed by atoms with Gasteiger partial charge in [0.05, 0.1) is 0 Å². The van der Waals surface area contributed by atoms with Crippen molar-refractivity contribution in [2.45, 2.75) is 0 Å². The fourth-order valence-electron chi connectivity index (χ4n) is 1.77. The summed E-state index contributed by atoms with van der Waals surface area (Å²) in [5.41, 5.74) is 2.62. The summed E-state index contributed by atoms with van der Waals surface area (Å²) in [7, 11) is 0. The van der Waals surface area contributed by atoms with Crippen molar-refractivity contribution < 1.29 is 36.5 Å². The van der Waals surface area contributed by atoms with E-state index >= 15 is 0 Å². The molecule has 0 saturated carbocycles. The molecule has 0 nitrogen and oxygen atoms in total. The molecule has 4 aromatic rings. The van der Waals surface area contributed by atoms with Gasteiger partial charge >= 0.3 is 36.5 Å². The number of hydrogen-bond donors (Lipinski definition) is 0. The molecule has 0 N–H and O–H groups in total. The van der Waals surface area contributed by atoms with Gasteiger partial charge in [-0.1, -0.05) is 0 Å². The molecule has 0 bridgehead atoms. The average Bonchev–Trinajstić information content (AvgIpc) is 3.35. The first kappa shape index (κ1) is 20.5. The molecule has 0 spiro atoms. The SMILES string of the molecule is [Fe+2].[Ru+2].c1cc[c-](-[c-]2cccc2)c1.c1cc[cH-]c1.c1cc[cH-]c1. The van der Waals surface area contributed by atoms with Crippen LogP contribution in [0.2, 0.25) is 0 Å². The summed E-state index contributed by atoms with van der Waals surface area (Å²) < 4.78 is 0. The van der Waals surface area contributed by atoms with E-state index in [0.717, 1.165) is 0 Å². The van der Waals surface area contributed by atoms with Crippen LogP contribution in [0.4, 0.5) is 0 Å². The molecule has 0 radical (unpaired) electrons. The van der Waals surface area contributed by atoms with Crippen LogP contribution in [0.1, 0.15) is 0 Å². The molecular formula is C20H18FeRu. The van der Waals surface area contributed by atoms with Gasteiger partial charge in [-0.15, -0.1) is 0 Å². The topological polar surface area (TPSA) is 0 Å². The molecule has 4 aromatic carbocycles. The Morgan fingerprint density at radius 3 is 0.909 bits per heavy atom. The molecule has 0 aliphatic carbocycles. The number of rotatable bonds is 1. The number of hydrogen-bond acceptors (Lipinski definition) is 0. The molecule has 0 heterocycles. The third-order valence-corrected chi connectivity index (χ3v) is 2.77. The molecule has 2 heteroatoms. The maximum absolute atomic E-state index is 2.12. The van der Waals surface area contributed by atoms with E-state index in [1.807, 2.05) is 60.7 Å². The molecule has 0 fully saturated rings. The van der Waals surface area contributed by atoms with Gasteiger partial charge in [0.15, 0.2) is 0 Å².